The van der Waals surface area contributed by atoms with Crippen molar-refractivity contribution in [3.63, 3.8) is 0 Å². The Morgan fingerprint density at radius 2 is 1.82 bits per heavy atom. The van der Waals surface area contributed by atoms with Crippen LogP contribution < -0.4 is 5.73 Å². The molecule has 2 atom stereocenters. The third-order valence-corrected chi connectivity index (χ3v) is 1.68. The highest BCUT2D eigenvalue weighted by molar-refractivity contribution is 7.80. The third-order valence-electron chi connectivity index (χ3n) is 0.841. The average molecular weight is 210 g/mol. The molecule has 7 heteroatoms. The smallest absolute Gasteiger partial charge is 0.392 e. The Bertz CT molecular complexity index is 159. The Morgan fingerprint density at radius 1 is 1.45 bits per heavy atom. The lowest BCUT2D eigenvalue weighted by atomic mass is 10.2. The summed E-state index contributed by atoms with van der Waals surface area (Å²) in [7, 11) is 0. The first-order valence-corrected chi connectivity index (χ1v) is 3.25. The quantitative estimate of drug-likeness (QED) is 0.426. The summed E-state index contributed by atoms with van der Waals surface area (Å²) < 4.78 is 46.6. The van der Waals surface area contributed by atoms with Crippen molar-refractivity contribution in [1.29, 1.82) is 0 Å². The van der Waals surface area contributed by atoms with Crippen molar-refractivity contribution in [3.8, 4) is 0 Å². The molecule has 0 saturated carbocycles. The molecule has 0 radical (unpaired) electrons. The molecule has 0 amide bonds. The molecule has 0 rings (SSSR count). The maximum Gasteiger partial charge on any atom is 0.421 e. The molecule has 0 bridgehead atoms. The molecule has 1 nitrogen and oxygen atoms in total. The minimum absolute atomic E-state index is 0.698. The molecule has 11 heavy (non-hydrogen) atoms. The first-order chi connectivity index (χ1) is 4.76. The summed E-state index contributed by atoms with van der Waals surface area (Å²) in [4.78, 5) is -0.698. The van der Waals surface area contributed by atoms with Crippen molar-refractivity contribution in [1.82, 2.24) is 0 Å². The average Bonchev–Trinajstić information content (AvgIpc) is 1.82. The molecule has 0 aromatic carbocycles. The second kappa shape index (κ2) is 3.53. The van der Waals surface area contributed by atoms with Crippen LogP contribution in [0.5, 0.6) is 0 Å². The fourth-order valence-corrected chi connectivity index (χ4v) is 0.572. The van der Waals surface area contributed by atoms with Crippen LogP contribution in [0.3, 0.4) is 0 Å². The zero-order chi connectivity index (χ0) is 9.23. The number of halogens is 5. The van der Waals surface area contributed by atoms with Gasteiger partial charge >= 0.3 is 6.18 Å². The van der Waals surface area contributed by atoms with E-state index in [1.807, 2.05) is 0 Å². The van der Waals surface area contributed by atoms with E-state index < -0.39 is 22.7 Å². The normalized spacial score (nSPS) is 17.5. The number of thiocarbonyl (C=S) groups is 1. The fraction of sp³-hybridized carbons (Fsp3) is 0.750. The molecule has 0 aromatic heterocycles. The largest absolute Gasteiger partial charge is 0.421 e. The van der Waals surface area contributed by atoms with Gasteiger partial charge in [0.05, 0.1) is 4.99 Å². The maximum absolute atomic E-state index is 12.1. The summed E-state index contributed by atoms with van der Waals surface area (Å²) in [5, 5.41) is -1.98. The van der Waals surface area contributed by atoms with Gasteiger partial charge in [-0.15, -0.1) is 11.6 Å². The Kier molecular flexibility index (Phi) is 3.50. The molecular formula is C4H4ClF4NS. The van der Waals surface area contributed by atoms with E-state index in [1.165, 1.54) is 0 Å². The highest BCUT2D eigenvalue weighted by atomic mass is 35.5. The van der Waals surface area contributed by atoms with E-state index in [-0.39, 0.29) is 0 Å². The molecule has 0 heterocycles. The van der Waals surface area contributed by atoms with E-state index in [2.05, 4.69) is 12.2 Å². The molecule has 66 valence electrons. The van der Waals surface area contributed by atoms with E-state index in [9.17, 15) is 17.6 Å². The molecule has 0 spiro atoms. The standard InChI is InChI=1S/C4H4ClF4NS/c5-1(3(10)11)2(6)4(7,8)9/h1-2H,(H2,10,11). The molecule has 2 N–H and O–H groups in total. The van der Waals surface area contributed by atoms with Crippen LogP contribution in [0, 0.1) is 0 Å². The van der Waals surface area contributed by atoms with Crippen molar-refractivity contribution in [2.24, 2.45) is 5.73 Å². The third kappa shape index (κ3) is 3.20. The van der Waals surface area contributed by atoms with Gasteiger partial charge < -0.3 is 5.73 Å². The maximum atomic E-state index is 12.1. The summed E-state index contributed by atoms with van der Waals surface area (Å²) in [6.07, 6.45) is -8.20. The predicted molar refractivity (Wildman–Crippen MR) is 37.4 cm³/mol. The minimum Gasteiger partial charge on any atom is -0.392 e. The van der Waals surface area contributed by atoms with Crippen molar-refractivity contribution in [2.45, 2.75) is 17.7 Å². The van der Waals surface area contributed by atoms with Crippen molar-refractivity contribution in [3.05, 3.63) is 0 Å². The molecule has 0 fully saturated rings. The Labute approximate surface area is 70.5 Å². The van der Waals surface area contributed by atoms with E-state index in [4.69, 9.17) is 17.3 Å². The molecule has 2 unspecified atom stereocenters. The van der Waals surface area contributed by atoms with Crippen LogP contribution >= 0.6 is 23.8 Å². The van der Waals surface area contributed by atoms with Crippen LogP contribution in [-0.2, 0) is 0 Å². The van der Waals surface area contributed by atoms with Crippen LogP contribution in [0.25, 0.3) is 0 Å². The Morgan fingerprint density at radius 3 is 1.91 bits per heavy atom. The molecular weight excluding hydrogens is 206 g/mol. The molecule has 0 aliphatic heterocycles. The number of alkyl halides is 5. The number of nitrogens with two attached hydrogens (primary N) is 1. The topological polar surface area (TPSA) is 26.0 Å². The highest BCUT2D eigenvalue weighted by Crippen LogP contribution is 2.27. The molecule has 0 aromatic rings. The first-order valence-electron chi connectivity index (χ1n) is 2.41. The zero-order valence-electron chi connectivity index (χ0n) is 5.03. The Balaban J connectivity index is 4.25. The zero-order valence-corrected chi connectivity index (χ0v) is 6.60. The van der Waals surface area contributed by atoms with Gasteiger partial charge in [-0.05, 0) is 0 Å². The van der Waals surface area contributed by atoms with Gasteiger partial charge in [0.25, 0.3) is 0 Å². The SMILES string of the molecule is NC(=S)C(Cl)C(F)C(F)(F)F. The van der Waals surface area contributed by atoms with Gasteiger partial charge in [0.15, 0.2) is 0 Å². The minimum atomic E-state index is -5.00. The van der Waals surface area contributed by atoms with Gasteiger partial charge in [-0.2, -0.15) is 13.2 Å². The van der Waals surface area contributed by atoms with E-state index in [1.54, 1.807) is 0 Å². The lowest BCUT2D eigenvalue weighted by molar-refractivity contribution is -0.176. The first kappa shape index (κ1) is 10.9. The van der Waals surface area contributed by atoms with E-state index >= 15 is 0 Å². The van der Waals surface area contributed by atoms with Gasteiger partial charge in [-0.3, -0.25) is 0 Å². The fourth-order valence-electron chi connectivity index (χ4n) is 0.310. The molecule has 0 aliphatic carbocycles. The second-order valence-corrected chi connectivity index (χ2v) is 2.69. The van der Waals surface area contributed by atoms with Crippen LogP contribution in [-0.4, -0.2) is 22.7 Å². The summed E-state index contributed by atoms with van der Waals surface area (Å²) in [6.45, 7) is 0. The van der Waals surface area contributed by atoms with Crippen LogP contribution in [0.2, 0.25) is 0 Å². The van der Waals surface area contributed by atoms with Gasteiger partial charge in [0, 0.05) is 0 Å². The monoisotopic (exact) mass is 209 g/mol. The number of hydrogen-bond acceptors (Lipinski definition) is 1. The lowest BCUT2D eigenvalue weighted by Crippen LogP contribution is -2.40. The molecule has 0 saturated heterocycles. The van der Waals surface area contributed by atoms with Gasteiger partial charge in [0.1, 0.15) is 5.38 Å². The highest BCUT2D eigenvalue weighted by Gasteiger charge is 2.45. The second-order valence-electron chi connectivity index (χ2n) is 1.75. The van der Waals surface area contributed by atoms with Gasteiger partial charge in [-0.1, -0.05) is 12.2 Å². The van der Waals surface area contributed by atoms with Crippen molar-refractivity contribution in [2.75, 3.05) is 0 Å². The van der Waals surface area contributed by atoms with Gasteiger partial charge in [0.2, 0.25) is 6.17 Å². The number of rotatable bonds is 2. The summed E-state index contributed by atoms with van der Waals surface area (Å²) >= 11 is 8.96. The lowest BCUT2D eigenvalue weighted by Gasteiger charge is -2.15. The van der Waals surface area contributed by atoms with Crippen LogP contribution in [0.1, 0.15) is 0 Å². The van der Waals surface area contributed by atoms with Crippen molar-refractivity contribution < 1.29 is 17.6 Å². The summed E-state index contributed by atoms with van der Waals surface area (Å²) in [5.41, 5.74) is 4.69. The van der Waals surface area contributed by atoms with Gasteiger partial charge in [-0.25, -0.2) is 4.39 Å². The summed E-state index contributed by atoms with van der Waals surface area (Å²) in [5.74, 6) is 0. The van der Waals surface area contributed by atoms with Crippen LogP contribution in [0.15, 0.2) is 0 Å². The van der Waals surface area contributed by atoms with Crippen LogP contribution in [0.4, 0.5) is 17.6 Å². The Hall–Kier alpha value is -0.100. The van der Waals surface area contributed by atoms with Crippen molar-refractivity contribution >= 4 is 28.8 Å². The number of hydrogen-bond donors (Lipinski definition) is 1. The predicted octanol–water partition coefficient (Wildman–Crippen LogP) is 1.78. The van der Waals surface area contributed by atoms with E-state index in [0.29, 0.717) is 0 Å². The van der Waals surface area contributed by atoms with E-state index in [0.717, 1.165) is 0 Å². The molecule has 0 aliphatic rings. The summed E-state index contributed by atoms with van der Waals surface area (Å²) in [6, 6.07) is 0.